The van der Waals surface area contributed by atoms with Crippen molar-refractivity contribution in [3.63, 3.8) is 0 Å². The topological polar surface area (TPSA) is 33.5 Å². The molecule has 0 saturated carbocycles. The summed E-state index contributed by atoms with van der Waals surface area (Å²) < 4.78 is 5.61. The van der Waals surface area contributed by atoms with Crippen LogP contribution in [-0.4, -0.2) is 30.3 Å². The first-order valence-corrected chi connectivity index (χ1v) is 8.63. The van der Waals surface area contributed by atoms with E-state index in [1.165, 1.54) is 25.9 Å². The maximum Gasteiger partial charge on any atom is 0.169 e. The smallest absolute Gasteiger partial charge is 0.169 e. The molecule has 3 aliphatic rings. The third kappa shape index (κ3) is 2.47. The van der Waals surface area contributed by atoms with Crippen LogP contribution in [0.5, 0.6) is 0 Å². The van der Waals surface area contributed by atoms with Crippen molar-refractivity contribution in [3.05, 3.63) is 34.7 Å². The first kappa shape index (κ1) is 13.3. The van der Waals surface area contributed by atoms with Crippen molar-refractivity contribution in [3.8, 4) is 11.3 Å². The molecule has 110 valence electrons. The molecule has 2 aromatic heterocycles. The quantitative estimate of drug-likeness (QED) is 0.806. The van der Waals surface area contributed by atoms with Crippen LogP contribution in [0.1, 0.15) is 29.6 Å². The monoisotopic (exact) mass is 301 g/mol. The summed E-state index contributed by atoms with van der Waals surface area (Å²) >= 11 is 1.64. The van der Waals surface area contributed by atoms with Gasteiger partial charge in [-0.2, -0.15) is 11.3 Å². The van der Waals surface area contributed by atoms with Crippen molar-refractivity contribution in [2.75, 3.05) is 19.6 Å². The van der Waals surface area contributed by atoms with Gasteiger partial charge in [-0.1, -0.05) is 0 Å². The fraction of sp³-hybridized carbons (Fsp3) is 0.471. The first-order valence-electron chi connectivity index (χ1n) is 7.69. The van der Waals surface area contributed by atoms with Crippen LogP contribution < -0.4 is 0 Å². The number of rotatable bonds is 3. The highest BCUT2D eigenvalue weighted by atomic mass is 32.1. The van der Waals surface area contributed by atoms with Gasteiger partial charge in [0.1, 0.15) is 12.0 Å². The van der Waals surface area contributed by atoms with Gasteiger partial charge in [0.2, 0.25) is 0 Å². The average Bonchev–Trinajstić information content (AvgIpc) is 3.12. The Balaban J connectivity index is 1.57. The molecule has 5 rings (SSSR count). The summed E-state index contributed by atoms with van der Waals surface area (Å²) in [5.74, 6) is 1.84. The van der Waals surface area contributed by atoms with Gasteiger partial charge in [-0.15, -0.1) is 0 Å². The van der Waals surface area contributed by atoms with Gasteiger partial charge in [0.25, 0.3) is 0 Å². The number of thiophene rings is 1. The highest BCUT2D eigenvalue weighted by Gasteiger charge is 2.35. The SMILES string of the molecule is O=C(c1coc(-c2ccsc2)c1)C1CCN2CCC1CC2. The summed E-state index contributed by atoms with van der Waals surface area (Å²) in [6.07, 6.45) is 4.99. The van der Waals surface area contributed by atoms with E-state index in [2.05, 4.69) is 4.90 Å². The Kier molecular flexibility index (Phi) is 3.43. The molecule has 5 heterocycles. The van der Waals surface area contributed by atoms with Crippen molar-refractivity contribution in [1.29, 1.82) is 0 Å². The number of piperidine rings is 1. The maximum atomic E-state index is 12.8. The van der Waals surface area contributed by atoms with Gasteiger partial charge in [0, 0.05) is 16.9 Å². The van der Waals surface area contributed by atoms with E-state index in [-0.39, 0.29) is 11.7 Å². The highest BCUT2D eigenvalue weighted by Crippen LogP contribution is 2.35. The highest BCUT2D eigenvalue weighted by molar-refractivity contribution is 7.08. The summed E-state index contributed by atoms with van der Waals surface area (Å²) in [6, 6.07) is 3.94. The molecule has 21 heavy (non-hydrogen) atoms. The Hall–Kier alpha value is -1.39. The molecule has 0 aliphatic carbocycles. The van der Waals surface area contributed by atoms with Crippen molar-refractivity contribution in [1.82, 2.24) is 4.90 Å². The Bertz CT molecular complexity index is 623. The van der Waals surface area contributed by atoms with Gasteiger partial charge in [0.05, 0.1) is 5.56 Å². The van der Waals surface area contributed by atoms with Crippen LogP contribution >= 0.6 is 11.3 Å². The zero-order chi connectivity index (χ0) is 14.2. The molecule has 1 unspecified atom stereocenters. The molecule has 0 amide bonds. The largest absolute Gasteiger partial charge is 0.464 e. The maximum absolute atomic E-state index is 12.8. The third-order valence-corrected chi connectivity index (χ3v) is 5.67. The molecular formula is C17H19NO2S. The fourth-order valence-electron chi connectivity index (χ4n) is 3.72. The van der Waals surface area contributed by atoms with E-state index < -0.39 is 0 Å². The molecule has 2 bridgehead atoms. The Labute approximate surface area is 128 Å². The lowest BCUT2D eigenvalue weighted by Gasteiger charge is -2.28. The number of hydrogen-bond donors (Lipinski definition) is 0. The number of Topliss-reactive ketones (excluding diaryl/α,β-unsaturated/α-hetero) is 1. The van der Waals surface area contributed by atoms with Crippen molar-refractivity contribution >= 4 is 17.1 Å². The van der Waals surface area contributed by atoms with Crippen LogP contribution in [0.15, 0.2) is 33.6 Å². The van der Waals surface area contributed by atoms with Crippen LogP contribution in [0.2, 0.25) is 0 Å². The van der Waals surface area contributed by atoms with E-state index in [1.54, 1.807) is 17.6 Å². The van der Waals surface area contributed by atoms with Gasteiger partial charge in [-0.3, -0.25) is 4.79 Å². The Morgan fingerprint density at radius 3 is 2.81 bits per heavy atom. The molecule has 4 heteroatoms. The number of ketones is 1. The lowest BCUT2D eigenvalue weighted by atomic mass is 9.80. The second-order valence-electron chi connectivity index (χ2n) is 6.15. The number of fused-ring (bicyclic) bond motifs is 4. The summed E-state index contributed by atoms with van der Waals surface area (Å²) in [5, 5.41) is 4.07. The Morgan fingerprint density at radius 2 is 2.05 bits per heavy atom. The van der Waals surface area contributed by atoms with Crippen LogP contribution in [-0.2, 0) is 0 Å². The van der Waals surface area contributed by atoms with Crippen LogP contribution in [0, 0.1) is 11.8 Å². The molecule has 1 atom stereocenters. The minimum atomic E-state index is 0.186. The number of hydrogen-bond acceptors (Lipinski definition) is 4. The molecule has 3 nitrogen and oxygen atoms in total. The molecule has 0 N–H and O–H groups in total. The summed E-state index contributed by atoms with van der Waals surface area (Å²) in [4.78, 5) is 15.3. The van der Waals surface area contributed by atoms with Crippen LogP contribution in [0.4, 0.5) is 0 Å². The standard InChI is InChI=1S/C17H19NO2S/c19-17(15-3-7-18-5-1-12(15)2-6-18)14-9-16(20-10-14)13-4-8-21-11-13/h4,8-12,15H,1-3,5-7H2. The molecule has 0 spiro atoms. The van der Waals surface area contributed by atoms with Gasteiger partial charge in [0.15, 0.2) is 5.78 Å². The van der Waals surface area contributed by atoms with E-state index >= 15 is 0 Å². The second-order valence-corrected chi connectivity index (χ2v) is 6.93. The second kappa shape index (κ2) is 5.43. The van der Waals surface area contributed by atoms with Gasteiger partial charge in [-0.25, -0.2) is 0 Å². The van der Waals surface area contributed by atoms with E-state index in [0.717, 1.165) is 29.9 Å². The molecular weight excluding hydrogens is 282 g/mol. The molecule has 2 aromatic rings. The van der Waals surface area contributed by atoms with Crippen LogP contribution in [0.3, 0.4) is 0 Å². The number of furan rings is 1. The number of carbonyl (C=O) groups is 1. The number of nitrogens with zero attached hydrogens (tertiary/aromatic N) is 1. The minimum absolute atomic E-state index is 0.186. The molecule has 3 saturated heterocycles. The van der Waals surface area contributed by atoms with E-state index in [0.29, 0.717) is 5.92 Å². The predicted molar refractivity (Wildman–Crippen MR) is 83.6 cm³/mol. The van der Waals surface area contributed by atoms with E-state index in [1.807, 2.05) is 22.9 Å². The molecule has 3 aliphatic heterocycles. The van der Waals surface area contributed by atoms with Gasteiger partial charge < -0.3 is 9.32 Å². The van der Waals surface area contributed by atoms with Crippen LogP contribution in [0.25, 0.3) is 11.3 Å². The number of carbonyl (C=O) groups excluding carboxylic acids is 1. The summed E-state index contributed by atoms with van der Waals surface area (Å²) in [7, 11) is 0. The van der Waals surface area contributed by atoms with Gasteiger partial charge >= 0.3 is 0 Å². The summed E-state index contributed by atoms with van der Waals surface area (Å²) in [5.41, 5.74) is 1.81. The first-order chi connectivity index (χ1) is 10.3. The summed E-state index contributed by atoms with van der Waals surface area (Å²) in [6.45, 7) is 3.40. The zero-order valence-electron chi connectivity index (χ0n) is 12.0. The minimum Gasteiger partial charge on any atom is -0.464 e. The predicted octanol–water partition coefficient (Wildman–Crippen LogP) is 3.92. The van der Waals surface area contributed by atoms with E-state index in [4.69, 9.17) is 4.42 Å². The molecule has 0 radical (unpaired) electrons. The third-order valence-electron chi connectivity index (χ3n) is 4.98. The van der Waals surface area contributed by atoms with Crippen molar-refractivity contribution in [2.24, 2.45) is 11.8 Å². The van der Waals surface area contributed by atoms with Gasteiger partial charge in [-0.05, 0) is 62.3 Å². The molecule has 3 fully saturated rings. The zero-order valence-corrected chi connectivity index (χ0v) is 12.8. The lowest BCUT2D eigenvalue weighted by Crippen LogP contribution is -2.31. The van der Waals surface area contributed by atoms with Crippen molar-refractivity contribution in [2.45, 2.75) is 19.3 Å². The Morgan fingerprint density at radius 1 is 1.24 bits per heavy atom. The average molecular weight is 301 g/mol. The van der Waals surface area contributed by atoms with Crippen molar-refractivity contribution < 1.29 is 9.21 Å². The lowest BCUT2D eigenvalue weighted by molar-refractivity contribution is 0.0859. The molecule has 0 aromatic carbocycles. The normalized spacial score (nSPS) is 28.5. The van der Waals surface area contributed by atoms with E-state index in [9.17, 15) is 4.79 Å². The fourth-order valence-corrected chi connectivity index (χ4v) is 4.36.